The van der Waals surface area contributed by atoms with E-state index >= 15 is 0 Å². The number of hydrogen-bond donors (Lipinski definition) is 2. The number of carbonyl (C=O) groups is 2. The lowest BCUT2D eigenvalue weighted by molar-refractivity contribution is -0.139. The van der Waals surface area contributed by atoms with Crippen molar-refractivity contribution >= 4 is 56.6 Å². The number of hydrogen-bond acceptors (Lipinski definition) is 5. The van der Waals surface area contributed by atoms with Crippen LogP contribution >= 0.6 is 38.5 Å². The Labute approximate surface area is 171 Å². The van der Waals surface area contributed by atoms with Crippen LogP contribution < -0.4 is 14.9 Å². The number of carbonyl (C=O) groups excluding carboxylic acids is 1. The van der Waals surface area contributed by atoms with Gasteiger partial charge >= 0.3 is 5.97 Å². The molecule has 0 aliphatic carbocycles. The van der Waals surface area contributed by atoms with Crippen LogP contribution in [0, 0.1) is 3.57 Å². The highest BCUT2D eigenvalue weighted by Crippen LogP contribution is 2.25. The van der Waals surface area contributed by atoms with Crippen LogP contribution in [-0.4, -0.2) is 36.9 Å². The molecule has 2 N–H and O–H groups in total. The summed E-state index contributed by atoms with van der Waals surface area (Å²) in [6.45, 7) is -0.429. The average Bonchev–Trinajstić information content (AvgIpc) is 2.61. The van der Waals surface area contributed by atoms with E-state index in [1.54, 1.807) is 43.5 Å². The highest BCUT2D eigenvalue weighted by molar-refractivity contribution is 14.1. The zero-order valence-corrected chi connectivity index (χ0v) is 17.3. The molecule has 1 amide bonds. The summed E-state index contributed by atoms with van der Waals surface area (Å²) in [5.74, 6) is -0.406. The largest absolute Gasteiger partial charge is 0.496 e. The highest BCUT2D eigenvalue weighted by atomic mass is 127. The number of nitrogens with one attached hydrogen (secondary N) is 1. The van der Waals surface area contributed by atoms with Crippen LogP contribution in [0.4, 0.5) is 0 Å². The normalized spacial score (nSPS) is 10.6. The summed E-state index contributed by atoms with van der Waals surface area (Å²) in [6, 6.07) is 10.1. The molecule has 2 aromatic carbocycles. The molecule has 0 unspecified atom stereocenters. The molecule has 136 valence electrons. The van der Waals surface area contributed by atoms with Gasteiger partial charge in [0.15, 0.2) is 6.61 Å². The van der Waals surface area contributed by atoms with Crippen LogP contribution in [0.2, 0.25) is 0 Å². The molecule has 0 heterocycles. The number of halogens is 2. The molecule has 2 rings (SSSR count). The van der Waals surface area contributed by atoms with Gasteiger partial charge in [0.25, 0.3) is 5.91 Å². The van der Waals surface area contributed by atoms with E-state index in [0.717, 1.165) is 3.57 Å². The fourth-order valence-electron chi connectivity index (χ4n) is 1.88. The highest BCUT2D eigenvalue weighted by Gasteiger charge is 2.08. The maximum atomic E-state index is 12.1. The summed E-state index contributed by atoms with van der Waals surface area (Å²) in [4.78, 5) is 22.6. The predicted molar refractivity (Wildman–Crippen MR) is 108 cm³/mol. The summed E-state index contributed by atoms with van der Waals surface area (Å²) >= 11 is 5.41. The molecular formula is C17H14BrIN2O5. The van der Waals surface area contributed by atoms with Gasteiger partial charge < -0.3 is 14.6 Å². The predicted octanol–water partition coefficient (Wildman–Crippen LogP) is 3.29. The van der Waals surface area contributed by atoms with Gasteiger partial charge in [0.1, 0.15) is 11.5 Å². The van der Waals surface area contributed by atoms with Crippen LogP contribution in [0.1, 0.15) is 15.9 Å². The van der Waals surface area contributed by atoms with E-state index in [0.29, 0.717) is 27.1 Å². The molecule has 9 heteroatoms. The van der Waals surface area contributed by atoms with Crippen LogP contribution in [0.3, 0.4) is 0 Å². The Morgan fingerprint density at radius 1 is 1.27 bits per heavy atom. The van der Waals surface area contributed by atoms with Crippen LogP contribution in [0.5, 0.6) is 11.5 Å². The van der Waals surface area contributed by atoms with E-state index in [4.69, 9.17) is 14.6 Å². The van der Waals surface area contributed by atoms with Gasteiger partial charge in [-0.15, -0.1) is 0 Å². The third kappa shape index (κ3) is 5.70. The first-order chi connectivity index (χ1) is 12.4. The maximum absolute atomic E-state index is 12.1. The number of benzene rings is 2. The summed E-state index contributed by atoms with van der Waals surface area (Å²) in [6.07, 6.45) is 1.47. The molecule has 0 saturated carbocycles. The van der Waals surface area contributed by atoms with Crippen molar-refractivity contribution in [2.75, 3.05) is 13.7 Å². The Kier molecular flexibility index (Phi) is 7.39. The summed E-state index contributed by atoms with van der Waals surface area (Å²) in [5, 5.41) is 12.5. The van der Waals surface area contributed by atoms with E-state index in [2.05, 4.69) is 49.0 Å². The molecule has 0 radical (unpaired) electrons. The van der Waals surface area contributed by atoms with Gasteiger partial charge in [0.05, 0.1) is 21.4 Å². The topological polar surface area (TPSA) is 97.2 Å². The van der Waals surface area contributed by atoms with Crippen molar-refractivity contribution in [2.45, 2.75) is 0 Å². The fourth-order valence-corrected chi connectivity index (χ4v) is 2.95. The van der Waals surface area contributed by atoms with Crippen LogP contribution in [0.25, 0.3) is 0 Å². The second kappa shape index (κ2) is 9.53. The molecule has 2 aromatic rings. The van der Waals surface area contributed by atoms with Gasteiger partial charge in [0, 0.05) is 5.56 Å². The van der Waals surface area contributed by atoms with Crippen molar-refractivity contribution in [2.24, 2.45) is 5.10 Å². The summed E-state index contributed by atoms with van der Waals surface area (Å²) in [7, 11) is 1.54. The lowest BCUT2D eigenvalue weighted by atomic mass is 10.2. The lowest BCUT2D eigenvalue weighted by Gasteiger charge is -2.06. The van der Waals surface area contributed by atoms with Crippen LogP contribution in [0.15, 0.2) is 46.0 Å². The molecule has 0 aromatic heterocycles. The van der Waals surface area contributed by atoms with E-state index in [-0.39, 0.29) is 5.91 Å². The van der Waals surface area contributed by atoms with Crippen molar-refractivity contribution in [3.05, 3.63) is 55.6 Å². The van der Waals surface area contributed by atoms with Gasteiger partial charge in [-0.3, -0.25) is 4.79 Å². The fraction of sp³-hybridized carbons (Fsp3) is 0.118. The minimum atomic E-state index is -1.06. The van der Waals surface area contributed by atoms with E-state index < -0.39 is 12.6 Å². The number of rotatable bonds is 7. The summed E-state index contributed by atoms with van der Waals surface area (Å²) in [5.41, 5.74) is 3.56. The maximum Gasteiger partial charge on any atom is 0.341 e. The minimum absolute atomic E-state index is 0.364. The Morgan fingerprint density at radius 2 is 2.04 bits per heavy atom. The number of carboxylic acids is 1. The van der Waals surface area contributed by atoms with Crippen LogP contribution in [-0.2, 0) is 4.79 Å². The molecule has 0 bridgehead atoms. The third-order valence-corrected chi connectivity index (χ3v) is 4.61. The molecule has 0 atom stereocenters. The van der Waals surface area contributed by atoms with Gasteiger partial charge in [-0.05, 0) is 80.5 Å². The molecule has 0 fully saturated rings. The smallest absolute Gasteiger partial charge is 0.341 e. The Bertz CT molecular complexity index is 857. The van der Waals surface area contributed by atoms with E-state index in [1.165, 1.54) is 6.21 Å². The van der Waals surface area contributed by atoms with Crippen molar-refractivity contribution < 1.29 is 24.2 Å². The second-order valence-electron chi connectivity index (χ2n) is 4.92. The van der Waals surface area contributed by atoms with Gasteiger partial charge in [-0.25, -0.2) is 10.2 Å². The molecule has 0 aliphatic heterocycles. The van der Waals surface area contributed by atoms with Crippen molar-refractivity contribution in [3.8, 4) is 11.5 Å². The number of hydrazone groups is 1. The molecule has 0 aliphatic rings. The average molecular weight is 533 g/mol. The molecule has 7 nitrogen and oxygen atoms in total. The monoisotopic (exact) mass is 532 g/mol. The quantitative estimate of drug-likeness (QED) is 0.324. The second-order valence-corrected chi connectivity index (χ2v) is 6.94. The number of aliphatic carboxylic acids is 1. The lowest BCUT2D eigenvalue weighted by Crippen LogP contribution is -2.17. The van der Waals surface area contributed by atoms with E-state index in [1.807, 2.05) is 0 Å². The number of ether oxygens (including phenoxy) is 2. The van der Waals surface area contributed by atoms with Crippen molar-refractivity contribution in [1.82, 2.24) is 5.43 Å². The number of amides is 1. The van der Waals surface area contributed by atoms with Gasteiger partial charge in [-0.1, -0.05) is 0 Å². The first kappa shape index (κ1) is 20.2. The van der Waals surface area contributed by atoms with Crippen molar-refractivity contribution in [3.63, 3.8) is 0 Å². The van der Waals surface area contributed by atoms with Crippen molar-refractivity contribution in [1.29, 1.82) is 0 Å². The summed E-state index contributed by atoms with van der Waals surface area (Å²) < 4.78 is 11.8. The zero-order chi connectivity index (χ0) is 19.1. The van der Waals surface area contributed by atoms with E-state index in [9.17, 15) is 9.59 Å². The molecule has 0 spiro atoms. The first-order valence-electron chi connectivity index (χ1n) is 7.22. The SMILES string of the molecule is COc1cc(C(=O)NN=Cc2ccc(OCC(=O)O)c(Br)c2)ccc1I. The Hall–Kier alpha value is -2.14. The Balaban J connectivity index is 2.00. The number of carboxylic acid groups (broad SMARTS) is 1. The molecule has 0 saturated heterocycles. The number of methoxy groups -OCH3 is 1. The Morgan fingerprint density at radius 3 is 2.69 bits per heavy atom. The van der Waals surface area contributed by atoms with Gasteiger partial charge in [-0.2, -0.15) is 5.10 Å². The molecular weight excluding hydrogens is 519 g/mol. The standard InChI is InChI=1S/C17H14BrIN2O5/c1-25-15-7-11(3-4-13(15)19)17(24)21-20-8-10-2-5-14(12(18)6-10)26-9-16(22)23/h2-8H,9H2,1H3,(H,21,24)(H,22,23). The minimum Gasteiger partial charge on any atom is -0.496 e. The molecule has 26 heavy (non-hydrogen) atoms. The van der Waals surface area contributed by atoms with Gasteiger partial charge in [0.2, 0.25) is 0 Å². The first-order valence-corrected chi connectivity index (χ1v) is 9.09. The zero-order valence-electron chi connectivity index (χ0n) is 13.5. The third-order valence-electron chi connectivity index (χ3n) is 3.10. The number of nitrogens with zero attached hydrogens (tertiary/aromatic N) is 1.